The molecule has 0 spiro atoms. The molecule has 5 nitrogen and oxygen atoms in total. The second-order valence-electron chi connectivity index (χ2n) is 3.88. The largest absolute Gasteiger partial charge is 0.466 e. The number of ether oxygens (including phenoxy) is 3. The Kier molecular flexibility index (Phi) is 3.23. The Labute approximate surface area is 88.3 Å². The van der Waals surface area contributed by atoms with E-state index in [2.05, 4.69) is 0 Å². The lowest BCUT2D eigenvalue weighted by molar-refractivity contribution is -0.159. The number of aliphatic hydroxyl groups is 1. The van der Waals surface area contributed by atoms with Crippen LogP contribution >= 0.6 is 0 Å². The fraction of sp³-hybridized carbons (Fsp3) is 0.900. The molecule has 2 fully saturated rings. The first-order valence-electron chi connectivity index (χ1n) is 5.32. The van der Waals surface area contributed by atoms with Crippen LogP contribution in [0.2, 0.25) is 0 Å². The van der Waals surface area contributed by atoms with Gasteiger partial charge in [-0.2, -0.15) is 0 Å². The molecule has 5 heteroatoms. The number of fused-ring (bicyclic) bond motifs is 1. The molecule has 1 N–H and O–H groups in total. The average Bonchev–Trinajstić information content (AvgIpc) is 2.67. The third-order valence-corrected chi connectivity index (χ3v) is 3.01. The van der Waals surface area contributed by atoms with Crippen molar-refractivity contribution in [1.29, 1.82) is 0 Å². The Morgan fingerprint density at radius 2 is 2.27 bits per heavy atom. The molecule has 1 heterocycles. The fourth-order valence-electron chi connectivity index (χ4n) is 2.22. The molecule has 0 bridgehead atoms. The summed E-state index contributed by atoms with van der Waals surface area (Å²) in [6, 6.07) is 0. The molecule has 4 atom stereocenters. The van der Waals surface area contributed by atoms with Crippen LogP contribution < -0.4 is 0 Å². The topological polar surface area (TPSA) is 65.0 Å². The SMILES string of the molecule is CCOC(=O)C1CCC2OCOC2C1O. The van der Waals surface area contributed by atoms with Gasteiger partial charge in [-0.25, -0.2) is 0 Å². The second kappa shape index (κ2) is 4.47. The molecule has 0 radical (unpaired) electrons. The lowest BCUT2D eigenvalue weighted by atomic mass is 9.83. The molecule has 0 aromatic rings. The van der Waals surface area contributed by atoms with Gasteiger partial charge in [-0.3, -0.25) is 4.79 Å². The summed E-state index contributed by atoms with van der Waals surface area (Å²) in [5, 5.41) is 9.93. The minimum absolute atomic E-state index is 0.0642. The Morgan fingerprint density at radius 1 is 1.47 bits per heavy atom. The van der Waals surface area contributed by atoms with Gasteiger partial charge in [-0.15, -0.1) is 0 Å². The van der Waals surface area contributed by atoms with E-state index in [9.17, 15) is 9.90 Å². The Bertz CT molecular complexity index is 242. The van der Waals surface area contributed by atoms with Crippen molar-refractivity contribution < 1.29 is 24.1 Å². The normalized spacial score (nSPS) is 39.9. The van der Waals surface area contributed by atoms with Gasteiger partial charge in [-0.1, -0.05) is 0 Å². The monoisotopic (exact) mass is 216 g/mol. The predicted octanol–water partition coefficient (Wildman–Crippen LogP) is 0.0619. The van der Waals surface area contributed by atoms with Crippen LogP contribution in [-0.4, -0.2) is 42.8 Å². The molecule has 2 aliphatic rings. The number of rotatable bonds is 2. The molecule has 1 saturated heterocycles. The van der Waals surface area contributed by atoms with E-state index in [-0.39, 0.29) is 25.0 Å². The van der Waals surface area contributed by atoms with E-state index in [1.54, 1.807) is 6.92 Å². The van der Waals surface area contributed by atoms with Gasteiger partial charge in [0.05, 0.1) is 24.7 Å². The van der Waals surface area contributed by atoms with Crippen molar-refractivity contribution in [2.24, 2.45) is 5.92 Å². The Hall–Kier alpha value is -0.650. The summed E-state index contributed by atoms with van der Waals surface area (Å²) in [7, 11) is 0. The van der Waals surface area contributed by atoms with Gasteiger partial charge in [-0.05, 0) is 19.8 Å². The predicted molar refractivity (Wildman–Crippen MR) is 50.0 cm³/mol. The molecule has 0 aromatic carbocycles. The third-order valence-electron chi connectivity index (χ3n) is 3.01. The zero-order chi connectivity index (χ0) is 10.8. The van der Waals surface area contributed by atoms with Crippen LogP contribution in [0.1, 0.15) is 19.8 Å². The van der Waals surface area contributed by atoms with Gasteiger partial charge in [0.15, 0.2) is 0 Å². The molecular weight excluding hydrogens is 200 g/mol. The van der Waals surface area contributed by atoms with Gasteiger partial charge in [0.25, 0.3) is 0 Å². The summed E-state index contributed by atoms with van der Waals surface area (Å²) >= 11 is 0. The molecule has 1 aliphatic heterocycles. The zero-order valence-electron chi connectivity index (χ0n) is 8.72. The lowest BCUT2D eigenvalue weighted by Gasteiger charge is -2.33. The fourth-order valence-corrected chi connectivity index (χ4v) is 2.22. The highest BCUT2D eigenvalue weighted by Crippen LogP contribution is 2.33. The van der Waals surface area contributed by atoms with Gasteiger partial charge in [0, 0.05) is 0 Å². The van der Waals surface area contributed by atoms with E-state index in [0.717, 1.165) is 6.42 Å². The van der Waals surface area contributed by atoms with E-state index in [0.29, 0.717) is 13.0 Å². The number of carbonyl (C=O) groups is 1. The van der Waals surface area contributed by atoms with Crippen molar-refractivity contribution in [1.82, 2.24) is 0 Å². The summed E-state index contributed by atoms with van der Waals surface area (Å²) < 4.78 is 15.4. The third kappa shape index (κ3) is 2.00. The van der Waals surface area contributed by atoms with Gasteiger partial charge < -0.3 is 19.3 Å². The minimum atomic E-state index is -0.801. The van der Waals surface area contributed by atoms with Crippen LogP contribution in [0.5, 0.6) is 0 Å². The molecule has 15 heavy (non-hydrogen) atoms. The summed E-state index contributed by atoms with van der Waals surface area (Å²) in [6.45, 7) is 2.31. The molecule has 0 aromatic heterocycles. The van der Waals surface area contributed by atoms with Crippen LogP contribution in [0.3, 0.4) is 0 Å². The highest BCUT2D eigenvalue weighted by Gasteiger charge is 2.46. The molecular formula is C10H16O5. The van der Waals surface area contributed by atoms with Crippen molar-refractivity contribution in [3.63, 3.8) is 0 Å². The van der Waals surface area contributed by atoms with Crippen LogP contribution in [0, 0.1) is 5.92 Å². The Balaban J connectivity index is 1.99. The van der Waals surface area contributed by atoms with E-state index < -0.39 is 12.0 Å². The van der Waals surface area contributed by atoms with Gasteiger partial charge in [0.2, 0.25) is 0 Å². The quantitative estimate of drug-likeness (QED) is 0.661. The number of hydrogen-bond donors (Lipinski definition) is 1. The van der Waals surface area contributed by atoms with Crippen LogP contribution in [0.4, 0.5) is 0 Å². The Morgan fingerprint density at radius 3 is 3.00 bits per heavy atom. The van der Waals surface area contributed by atoms with Crippen molar-refractivity contribution in [3.05, 3.63) is 0 Å². The first-order chi connectivity index (χ1) is 7.24. The minimum Gasteiger partial charge on any atom is -0.466 e. The maximum atomic E-state index is 11.5. The summed E-state index contributed by atoms with van der Waals surface area (Å²) in [5.41, 5.74) is 0. The number of hydrogen-bond acceptors (Lipinski definition) is 5. The highest BCUT2D eigenvalue weighted by atomic mass is 16.7. The summed E-state index contributed by atoms with van der Waals surface area (Å²) in [5.74, 6) is -0.799. The average molecular weight is 216 g/mol. The first-order valence-corrected chi connectivity index (χ1v) is 5.32. The molecule has 86 valence electrons. The number of carbonyl (C=O) groups excluding carboxylic acids is 1. The van der Waals surface area contributed by atoms with Crippen molar-refractivity contribution in [2.75, 3.05) is 13.4 Å². The van der Waals surface area contributed by atoms with E-state index in [4.69, 9.17) is 14.2 Å². The second-order valence-corrected chi connectivity index (χ2v) is 3.88. The van der Waals surface area contributed by atoms with Crippen LogP contribution in [0.25, 0.3) is 0 Å². The summed E-state index contributed by atoms with van der Waals surface area (Å²) in [6.07, 6.45) is 0.111. The van der Waals surface area contributed by atoms with Crippen LogP contribution in [-0.2, 0) is 19.0 Å². The maximum absolute atomic E-state index is 11.5. The van der Waals surface area contributed by atoms with Crippen molar-refractivity contribution in [2.45, 2.75) is 38.1 Å². The molecule has 4 unspecified atom stereocenters. The maximum Gasteiger partial charge on any atom is 0.311 e. The highest BCUT2D eigenvalue weighted by molar-refractivity contribution is 5.73. The van der Waals surface area contributed by atoms with Crippen molar-refractivity contribution in [3.8, 4) is 0 Å². The zero-order valence-corrected chi connectivity index (χ0v) is 8.72. The number of esters is 1. The molecule has 2 rings (SSSR count). The van der Waals surface area contributed by atoms with Gasteiger partial charge >= 0.3 is 5.97 Å². The van der Waals surface area contributed by atoms with Crippen LogP contribution in [0.15, 0.2) is 0 Å². The molecule has 0 amide bonds. The van der Waals surface area contributed by atoms with Gasteiger partial charge in [0.1, 0.15) is 12.9 Å². The molecule has 1 saturated carbocycles. The van der Waals surface area contributed by atoms with E-state index in [1.165, 1.54) is 0 Å². The standard InChI is InChI=1S/C10H16O5/c1-2-13-10(12)6-3-4-7-9(8(6)11)15-5-14-7/h6-9,11H,2-5H2,1H3. The smallest absolute Gasteiger partial charge is 0.311 e. The summed E-state index contributed by atoms with van der Waals surface area (Å²) in [4.78, 5) is 11.5. The number of aliphatic hydroxyl groups excluding tert-OH is 1. The van der Waals surface area contributed by atoms with E-state index in [1.807, 2.05) is 0 Å². The molecule has 1 aliphatic carbocycles. The first kappa shape index (κ1) is 10.9. The van der Waals surface area contributed by atoms with Crippen molar-refractivity contribution >= 4 is 5.97 Å². The lowest BCUT2D eigenvalue weighted by Crippen LogP contribution is -2.47. The van der Waals surface area contributed by atoms with E-state index >= 15 is 0 Å².